The van der Waals surface area contributed by atoms with Gasteiger partial charge in [-0.15, -0.1) is 0 Å². The van der Waals surface area contributed by atoms with Crippen molar-refractivity contribution in [3.63, 3.8) is 0 Å². The van der Waals surface area contributed by atoms with Crippen molar-refractivity contribution in [2.75, 3.05) is 7.11 Å². The monoisotopic (exact) mass is 271 g/mol. The Morgan fingerprint density at radius 1 is 1.25 bits per heavy atom. The molecule has 1 aromatic rings. The molecule has 0 aliphatic heterocycles. The van der Waals surface area contributed by atoms with Gasteiger partial charge < -0.3 is 4.74 Å². The number of benzene rings is 1. The van der Waals surface area contributed by atoms with E-state index in [1.807, 2.05) is 42.5 Å². The summed E-state index contributed by atoms with van der Waals surface area (Å²) < 4.78 is 4.27. The van der Waals surface area contributed by atoms with Gasteiger partial charge in [0.1, 0.15) is 0 Å². The van der Waals surface area contributed by atoms with Crippen molar-refractivity contribution in [1.82, 2.24) is 0 Å². The van der Waals surface area contributed by atoms with Gasteiger partial charge in [0.15, 0.2) is 0 Å². The molecular formula is C17H21NO2. The van der Waals surface area contributed by atoms with Crippen LogP contribution >= 0.6 is 0 Å². The number of hydrogen-bond acceptors (Lipinski definition) is 3. The number of carbonyl (C=O) groups is 1. The molecule has 0 saturated carbocycles. The summed E-state index contributed by atoms with van der Waals surface area (Å²) >= 11 is 0. The maximum absolute atomic E-state index is 10.2. The lowest BCUT2D eigenvalue weighted by Crippen LogP contribution is -1.98. The Labute approximate surface area is 121 Å². The summed E-state index contributed by atoms with van der Waals surface area (Å²) in [6.07, 6.45) is 1.83. The van der Waals surface area contributed by atoms with Gasteiger partial charge >= 0.3 is 5.97 Å². The van der Waals surface area contributed by atoms with Crippen molar-refractivity contribution < 1.29 is 9.53 Å². The summed E-state index contributed by atoms with van der Waals surface area (Å²) in [6.45, 7) is 13.6. The van der Waals surface area contributed by atoms with E-state index in [9.17, 15) is 4.79 Å². The molecule has 0 unspecified atom stereocenters. The number of hydrogen-bond donors (Lipinski definition) is 0. The van der Waals surface area contributed by atoms with Crippen LogP contribution in [-0.2, 0) is 9.53 Å². The summed E-state index contributed by atoms with van der Waals surface area (Å²) in [7, 11) is 1.33. The molecule has 0 amide bonds. The van der Waals surface area contributed by atoms with Gasteiger partial charge in [-0.05, 0) is 19.4 Å². The van der Waals surface area contributed by atoms with Crippen molar-refractivity contribution in [3.05, 3.63) is 66.8 Å². The second kappa shape index (κ2) is 12.8. The lowest BCUT2D eigenvalue weighted by molar-refractivity contribution is -0.136. The predicted octanol–water partition coefficient (Wildman–Crippen LogP) is 4.15. The molecule has 0 heterocycles. The molecule has 0 aliphatic carbocycles. The highest BCUT2D eigenvalue weighted by molar-refractivity contribution is 5.86. The molecule has 1 aromatic carbocycles. The normalized spacial score (nSPS) is 7.50. The predicted molar refractivity (Wildman–Crippen MR) is 83.8 cm³/mol. The number of allylic oxidation sites excluding steroid dienone is 1. The van der Waals surface area contributed by atoms with E-state index in [-0.39, 0.29) is 5.97 Å². The van der Waals surface area contributed by atoms with Crippen molar-refractivity contribution in [2.45, 2.75) is 13.8 Å². The molecule has 0 bridgehead atoms. The smallest absolute Gasteiger partial charge is 0.332 e. The lowest BCUT2D eigenvalue weighted by atomic mass is 10.2. The van der Waals surface area contributed by atoms with Gasteiger partial charge in [-0.2, -0.15) is 5.26 Å². The van der Waals surface area contributed by atoms with Crippen LogP contribution in [-0.4, -0.2) is 13.1 Å². The average molecular weight is 271 g/mol. The number of methoxy groups -OCH3 is 1. The first kappa shape index (κ1) is 19.7. The van der Waals surface area contributed by atoms with Crippen LogP contribution in [0.1, 0.15) is 19.4 Å². The quantitative estimate of drug-likeness (QED) is 0.461. The zero-order chi connectivity index (χ0) is 16.0. The number of carbonyl (C=O) groups excluding carboxylic acids is 1. The molecule has 3 heteroatoms. The second-order valence-corrected chi connectivity index (χ2v) is 3.78. The molecule has 0 fully saturated rings. The fourth-order valence-electron chi connectivity index (χ4n) is 0.763. The zero-order valence-corrected chi connectivity index (χ0v) is 12.3. The van der Waals surface area contributed by atoms with Crippen LogP contribution in [0.5, 0.6) is 0 Å². The summed E-state index contributed by atoms with van der Waals surface area (Å²) in [4.78, 5) is 10.2. The molecule has 0 atom stereocenters. The minimum atomic E-state index is -0.347. The van der Waals surface area contributed by atoms with Gasteiger partial charge in [0.25, 0.3) is 0 Å². The highest BCUT2D eigenvalue weighted by Crippen LogP contribution is 1.97. The van der Waals surface area contributed by atoms with E-state index in [4.69, 9.17) is 5.26 Å². The van der Waals surface area contributed by atoms with Gasteiger partial charge in [0, 0.05) is 11.1 Å². The van der Waals surface area contributed by atoms with Gasteiger partial charge in [-0.3, -0.25) is 0 Å². The molecule has 0 saturated heterocycles. The molecule has 0 aliphatic rings. The van der Waals surface area contributed by atoms with E-state index >= 15 is 0 Å². The van der Waals surface area contributed by atoms with Crippen molar-refractivity contribution in [2.24, 2.45) is 0 Å². The van der Waals surface area contributed by atoms with Crippen LogP contribution in [0, 0.1) is 11.3 Å². The fourth-order valence-corrected chi connectivity index (χ4v) is 0.763. The van der Waals surface area contributed by atoms with Crippen LogP contribution in [0.2, 0.25) is 0 Å². The van der Waals surface area contributed by atoms with Gasteiger partial charge in [-0.25, -0.2) is 4.79 Å². The maximum Gasteiger partial charge on any atom is 0.332 e. The molecule has 1 rings (SSSR count). The van der Waals surface area contributed by atoms with E-state index < -0.39 is 0 Å². The number of nitriles is 1. The van der Waals surface area contributed by atoms with E-state index in [0.717, 1.165) is 0 Å². The minimum Gasteiger partial charge on any atom is -0.466 e. The first-order valence-corrected chi connectivity index (χ1v) is 5.85. The number of esters is 1. The van der Waals surface area contributed by atoms with Gasteiger partial charge in [0.2, 0.25) is 0 Å². The van der Waals surface area contributed by atoms with Gasteiger partial charge in [0.05, 0.1) is 13.2 Å². The zero-order valence-electron chi connectivity index (χ0n) is 12.3. The van der Waals surface area contributed by atoms with Crippen LogP contribution in [0.15, 0.2) is 61.2 Å². The minimum absolute atomic E-state index is 0.347. The number of rotatable bonds is 2. The topological polar surface area (TPSA) is 50.1 Å². The Morgan fingerprint density at radius 3 is 1.85 bits per heavy atom. The van der Waals surface area contributed by atoms with Crippen molar-refractivity contribution >= 4 is 12.0 Å². The second-order valence-electron chi connectivity index (χ2n) is 3.78. The molecule has 3 nitrogen and oxygen atoms in total. The standard InChI is InChI=1S/C8H8.C5H8O2.C4H5N/c1-2-8-6-4-3-5-7-8;1-4(2)5(6)7-3;1-4(2)3-5/h2-7H,1H2;1H2,2-3H3;1H2,2H3. The molecule has 0 aromatic heterocycles. The Balaban J connectivity index is 0. The third-order valence-electron chi connectivity index (χ3n) is 1.76. The Kier molecular flexibility index (Phi) is 12.7. The maximum atomic E-state index is 10.2. The summed E-state index contributed by atoms with van der Waals surface area (Å²) in [5.41, 5.74) is 2.17. The Morgan fingerprint density at radius 2 is 1.70 bits per heavy atom. The average Bonchev–Trinajstić information content (AvgIpc) is 2.48. The Bertz CT molecular complexity index is 481. The van der Waals surface area contributed by atoms with E-state index in [1.54, 1.807) is 13.8 Å². The van der Waals surface area contributed by atoms with Crippen molar-refractivity contribution in [3.8, 4) is 6.07 Å². The third kappa shape index (κ3) is 13.5. The Hall–Kier alpha value is -2.60. The number of nitrogens with zero attached hydrogens (tertiary/aromatic N) is 1. The highest BCUT2D eigenvalue weighted by atomic mass is 16.5. The van der Waals surface area contributed by atoms with Crippen LogP contribution in [0.25, 0.3) is 6.08 Å². The van der Waals surface area contributed by atoms with Gasteiger partial charge in [-0.1, -0.05) is 56.1 Å². The number of ether oxygens (including phenoxy) is 1. The molecule has 0 N–H and O–H groups in total. The van der Waals surface area contributed by atoms with E-state index in [1.165, 1.54) is 12.7 Å². The summed E-state index contributed by atoms with van der Waals surface area (Å²) in [6, 6.07) is 11.9. The van der Waals surface area contributed by atoms with Crippen LogP contribution < -0.4 is 0 Å². The highest BCUT2D eigenvalue weighted by Gasteiger charge is 1.95. The van der Waals surface area contributed by atoms with E-state index in [0.29, 0.717) is 11.1 Å². The third-order valence-corrected chi connectivity index (χ3v) is 1.76. The summed E-state index contributed by atoms with van der Waals surface area (Å²) in [5, 5.41) is 7.79. The first-order chi connectivity index (χ1) is 9.38. The molecule has 0 radical (unpaired) electrons. The molecule has 106 valence electrons. The SMILES string of the molecule is C=C(C)C#N.C=C(C)C(=O)OC.C=Cc1ccccc1. The van der Waals surface area contributed by atoms with Crippen molar-refractivity contribution in [1.29, 1.82) is 5.26 Å². The van der Waals surface area contributed by atoms with Crippen LogP contribution in [0.3, 0.4) is 0 Å². The molecule has 0 spiro atoms. The largest absolute Gasteiger partial charge is 0.466 e. The lowest BCUT2D eigenvalue weighted by Gasteiger charge is -1.91. The summed E-state index contributed by atoms with van der Waals surface area (Å²) in [5.74, 6) is -0.347. The van der Waals surface area contributed by atoms with Crippen LogP contribution in [0.4, 0.5) is 0 Å². The fraction of sp³-hybridized carbons (Fsp3) is 0.176. The molecular weight excluding hydrogens is 250 g/mol. The van der Waals surface area contributed by atoms with E-state index in [2.05, 4.69) is 24.5 Å². The first-order valence-electron chi connectivity index (χ1n) is 5.85. The molecule has 20 heavy (non-hydrogen) atoms.